The molecule has 1 atom stereocenters. The van der Waals surface area contributed by atoms with Crippen molar-refractivity contribution in [1.82, 2.24) is 4.90 Å². The maximum atomic E-state index is 11.8. The minimum absolute atomic E-state index is 0. The van der Waals surface area contributed by atoms with Crippen molar-refractivity contribution in [1.29, 1.82) is 0 Å². The smallest absolute Gasteiger partial charge is 0.261 e. The zero-order chi connectivity index (χ0) is 11.7. The predicted octanol–water partition coefficient (Wildman–Crippen LogP) is 0.0240. The Bertz CT molecular complexity index is 415. The highest BCUT2D eigenvalue weighted by molar-refractivity contribution is 6.21. The summed E-state index contributed by atoms with van der Waals surface area (Å²) in [5.41, 5.74) is 6.02. The molecule has 1 aliphatic heterocycles. The molecule has 0 saturated carbocycles. The quantitative estimate of drug-likeness (QED) is 0.747. The van der Waals surface area contributed by atoms with Crippen LogP contribution in [-0.2, 0) is 0 Å². The maximum absolute atomic E-state index is 11.8. The van der Waals surface area contributed by atoms with Crippen LogP contribution in [0.15, 0.2) is 24.3 Å². The van der Waals surface area contributed by atoms with Crippen LogP contribution in [0, 0.1) is 0 Å². The largest absolute Gasteiger partial charge is 0.390 e. The van der Waals surface area contributed by atoms with Gasteiger partial charge in [-0.1, -0.05) is 12.1 Å². The summed E-state index contributed by atoms with van der Waals surface area (Å²) in [7, 11) is 0. The zero-order valence-electron chi connectivity index (χ0n) is 9.00. The monoisotopic (exact) mass is 256 g/mol. The van der Waals surface area contributed by atoms with Crippen LogP contribution < -0.4 is 5.73 Å². The van der Waals surface area contributed by atoms with Crippen molar-refractivity contribution < 1.29 is 14.7 Å². The number of carbonyl (C=O) groups is 2. The fraction of sp³-hybridized carbons (Fsp3) is 0.273. The van der Waals surface area contributed by atoms with Crippen molar-refractivity contribution in [3.63, 3.8) is 0 Å². The number of rotatable bonds is 3. The molecular formula is C11H13ClN2O3. The summed E-state index contributed by atoms with van der Waals surface area (Å²) in [6.45, 7) is -0.0315. The Labute approximate surface area is 105 Å². The molecule has 0 unspecified atom stereocenters. The molecule has 1 heterocycles. The van der Waals surface area contributed by atoms with Gasteiger partial charge in [0.15, 0.2) is 0 Å². The number of halogens is 1. The molecule has 5 nitrogen and oxygen atoms in total. The fourth-order valence-electron chi connectivity index (χ4n) is 1.69. The molecule has 92 valence electrons. The van der Waals surface area contributed by atoms with Crippen LogP contribution in [0.4, 0.5) is 0 Å². The highest BCUT2D eigenvalue weighted by Crippen LogP contribution is 2.22. The van der Waals surface area contributed by atoms with E-state index < -0.39 is 6.10 Å². The lowest BCUT2D eigenvalue weighted by Crippen LogP contribution is -2.39. The zero-order valence-corrected chi connectivity index (χ0v) is 9.81. The standard InChI is InChI=1S/C11H12N2O3.ClH/c12-5-7(14)6-13-10(15)8-3-1-2-4-9(8)11(13)16;/h1-4,7,14H,5-6,12H2;1H/t7-;/m0./s1. The van der Waals surface area contributed by atoms with Gasteiger partial charge in [-0.2, -0.15) is 0 Å². The lowest BCUT2D eigenvalue weighted by atomic mass is 10.1. The van der Waals surface area contributed by atoms with Crippen molar-refractivity contribution in [3.8, 4) is 0 Å². The van der Waals surface area contributed by atoms with Gasteiger partial charge in [0.2, 0.25) is 0 Å². The summed E-state index contributed by atoms with van der Waals surface area (Å²) in [6, 6.07) is 6.61. The van der Waals surface area contributed by atoms with Gasteiger partial charge in [0.05, 0.1) is 23.8 Å². The van der Waals surface area contributed by atoms with Crippen LogP contribution in [0.3, 0.4) is 0 Å². The number of hydrogen-bond donors (Lipinski definition) is 2. The number of aliphatic hydroxyl groups is 1. The maximum Gasteiger partial charge on any atom is 0.261 e. The molecule has 6 heteroatoms. The molecule has 0 aromatic heterocycles. The summed E-state index contributed by atoms with van der Waals surface area (Å²) >= 11 is 0. The molecule has 2 amide bonds. The third-order valence-electron chi connectivity index (χ3n) is 2.54. The average Bonchev–Trinajstić information content (AvgIpc) is 2.55. The first-order valence-corrected chi connectivity index (χ1v) is 4.98. The number of aliphatic hydroxyl groups excluding tert-OH is 1. The molecule has 3 N–H and O–H groups in total. The van der Waals surface area contributed by atoms with Gasteiger partial charge in [-0.15, -0.1) is 12.4 Å². The third kappa shape index (κ3) is 2.31. The number of nitrogens with zero attached hydrogens (tertiary/aromatic N) is 1. The molecule has 1 aliphatic rings. The highest BCUT2D eigenvalue weighted by atomic mass is 35.5. The Morgan fingerprint density at radius 3 is 2.06 bits per heavy atom. The number of β-amino-alcohol motifs (C(OH)–C–C–N with tert-alkyl or cyclic N) is 1. The predicted molar refractivity (Wildman–Crippen MR) is 64.1 cm³/mol. The molecule has 0 fully saturated rings. The molecule has 0 radical (unpaired) electrons. The summed E-state index contributed by atoms with van der Waals surface area (Å²) in [6.07, 6.45) is -0.873. The van der Waals surface area contributed by atoms with Crippen LogP contribution in [0.2, 0.25) is 0 Å². The van der Waals surface area contributed by atoms with Crippen molar-refractivity contribution in [2.24, 2.45) is 5.73 Å². The van der Waals surface area contributed by atoms with E-state index in [9.17, 15) is 14.7 Å². The normalized spacial score (nSPS) is 15.5. The summed E-state index contributed by atoms with van der Waals surface area (Å²) in [5, 5.41) is 9.36. The van der Waals surface area contributed by atoms with Crippen molar-refractivity contribution in [2.45, 2.75) is 6.10 Å². The number of nitrogens with two attached hydrogens (primary N) is 1. The lowest BCUT2D eigenvalue weighted by Gasteiger charge is -2.16. The minimum atomic E-state index is -0.873. The van der Waals surface area contributed by atoms with Crippen molar-refractivity contribution >= 4 is 24.2 Å². The molecule has 0 spiro atoms. The SMILES string of the molecule is Cl.NC[C@H](O)CN1C(=O)c2ccccc2C1=O. The number of hydrogen-bond acceptors (Lipinski definition) is 4. The molecule has 2 rings (SSSR count). The Morgan fingerprint density at radius 1 is 1.18 bits per heavy atom. The Hall–Kier alpha value is -1.43. The van der Waals surface area contributed by atoms with Gasteiger partial charge in [-0.25, -0.2) is 0 Å². The summed E-state index contributed by atoms with van der Waals surface area (Å²) < 4.78 is 0. The Balaban J connectivity index is 0.00000144. The second-order valence-electron chi connectivity index (χ2n) is 3.66. The molecular weight excluding hydrogens is 244 g/mol. The van der Waals surface area contributed by atoms with E-state index in [4.69, 9.17) is 5.73 Å². The van der Waals surface area contributed by atoms with Gasteiger partial charge in [0, 0.05) is 6.54 Å². The molecule has 0 bridgehead atoms. The second kappa shape index (κ2) is 5.27. The van der Waals surface area contributed by atoms with Gasteiger partial charge in [0.25, 0.3) is 11.8 Å². The number of benzene rings is 1. The first-order chi connectivity index (χ1) is 7.65. The van der Waals surface area contributed by atoms with Gasteiger partial charge in [-0.3, -0.25) is 14.5 Å². The van der Waals surface area contributed by atoms with Gasteiger partial charge in [0.1, 0.15) is 0 Å². The minimum Gasteiger partial charge on any atom is -0.390 e. The van der Waals surface area contributed by atoms with Crippen LogP contribution in [0.1, 0.15) is 20.7 Å². The second-order valence-corrected chi connectivity index (χ2v) is 3.66. The first-order valence-electron chi connectivity index (χ1n) is 4.98. The van der Waals surface area contributed by atoms with Crippen molar-refractivity contribution in [2.75, 3.05) is 13.1 Å². The van der Waals surface area contributed by atoms with E-state index in [-0.39, 0.29) is 37.3 Å². The molecule has 0 saturated heterocycles. The van der Waals surface area contributed by atoms with E-state index in [1.54, 1.807) is 24.3 Å². The van der Waals surface area contributed by atoms with E-state index in [1.807, 2.05) is 0 Å². The first kappa shape index (κ1) is 13.6. The number of carbonyl (C=O) groups excluding carboxylic acids is 2. The summed E-state index contributed by atoms with van der Waals surface area (Å²) in [4.78, 5) is 24.7. The fourth-order valence-corrected chi connectivity index (χ4v) is 1.69. The lowest BCUT2D eigenvalue weighted by molar-refractivity contribution is 0.0554. The van der Waals surface area contributed by atoms with Crippen LogP contribution in [0.25, 0.3) is 0 Å². The number of imide groups is 1. The van der Waals surface area contributed by atoms with Crippen LogP contribution >= 0.6 is 12.4 Å². The van der Waals surface area contributed by atoms with E-state index in [2.05, 4.69) is 0 Å². The third-order valence-corrected chi connectivity index (χ3v) is 2.54. The molecule has 1 aromatic carbocycles. The van der Waals surface area contributed by atoms with Crippen LogP contribution in [0.5, 0.6) is 0 Å². The Morgan fingerprint density at radius 2 is 1.65 bits per heavy atom. The van der Waals surface area contributed by atoms with E-state index in [1.165, 1.54) is 0 Å². The average molecular weight is 257 g/mol. The van der Waals surface area contributed by atoms with E-state index >= 15 is 0 Å². The van der Waals surface area contributed by atoms with Gasteiger partial charge < -0.3 is 10.8 Å². The van der Waals surface area contributed by atoms with E-state index in [0.29, 0.717) is 11.1 Å². The highest BCUT2D eigenvalue weighted by Gasteiger charge is 2.35. The van der Waals surface area contributed by atoms with Crippen molar-refractivity contribution in [3.05, 3.63) is 35.4 Å². The molecule has 0 aliphatic carbocycles. The topological polar surface area (TPSA) is 83.6 Å². The number of amides is 2. The number of fused-ring (bicyclic) bond motifs is 1. The molecule has 17 heavy (non-hydrogen) atoms. The summed E-state index contributed by atoms with van der Waals surface area (Å²) in [5.74, 6) is -0.735. The van der Waals surface area contributed by atoms with E-state index in [0.717, 1.165) is 4.90 Å². The van der Waals surface area contributed by atoms with Gasteiger partial charge >= 0.3 is 0 Å². The Kier molecular flexibility index (Phi) is 4.22. The molecule has 1 aromatic rings. The van der Waals surface area contributed by atoms with Crippen LogP contribution in [-0.4, -0.2) is 41.0 Å². The van der Waals surface area contributed by atoms with Gasteiger partial charge in [-0.05, 0) is 12.1 Å².